The number of aromatic nitrogens is 1. The van der Waals surface area contributed by atoms with Crippen molar-refractivity contribution in [2.45, 2.75) is 45.3 Å². The highest BCUT2D eigenvalue weighted by Gasteiger charge is 2.45. The zero-order chi connectivity index (χ0) is 22.3. The molecule has 3 heterocycles. The summed E-state index contributed by atoms with van der Waals surface area (Å²) < 4.78 is 0. The van der Waals surface area contributed by atoms with Gasteiger partial charge in [-0.1, -0.05) is 26.0 Å². The summed E-state index contributed by atoms with van der Waals surface area (Å²) in [4.78, 5) is 55.2. The minimum absolute atomic E-state index is 0.0864. The summed E-state index contributed by atoms with van der Waals surface area (Å²) >= 11 is 1.42. The summed E-state index contributed by atoms with van der Waals surface area (Å²) in [6, 6.07) is 3.91. The van der Waals surface area contributed by atoms with Gasteiger partial charge in [0.25, 0.3) is 11.8 Å². The number of anilines is 1. The van der Waals surface area contributed by atoms with Crippen molar-refractivity contribution >= 4 is 40.1 Å². The number of thiazole rings is 1. The summed E-state index contributed by atoms with van der Waals surface area (Å²) in [5, 5.41) is 7.97. The van der Waals surface area contributed by atoms with Crippen molar-refractivity contribution in [2.24, 2.45) is 11.7 Å². The normalized spacial score (nSPS) is 19.6. The molecule has 1 saturated heterocycles. The highest BCUT2D eigenvalue weighted by molar-refractivity contribution is 7.13. The maximum atomic E-state index is 13.1. The van der Waals surface area contributed by atoms with Crippen LogP contribution in [0.1, 0.15) is 64.7 Å². The summed E-state index contributed by atoms with van der Waals surface area (Å²) in [5.41, 5.74) is 8.12. The smallest absolute Gasteiger partial charge is 0.262 e. The number of hydrogen-bond donors (Lipinski definition) is 3. The predicted molar refractivity (Wildman–Crippen MR) is 114 cm³/mol. The number of amides is 4. The molecule has 31 heavy (non-hydrogen) atoms. The van der Waals surface area contributed by atoms with Crippen LogP contribution >= 0.6 is 11.3 Å². The number of rotatable bonds is 6. The Kier molecular flexibility index (Phi) is 5.59. The first-order valence-electron chi connectivity index (χ1n) is 10.1. The fourth-order valence-corrected chi connectivity index (χ4v) is 4.52. The molecule has 2 aromatic rings. The van der Waals surface area contributed by atoms with E-state index in [9.17, 15) is 19.2 Å². The van der Waals surface area contributed by atoms with Crippen molar-refractivity contribution in [2.75, 3.05) is 5.32 Å². The van der Waals surface area contributed by atoms with Crippen LogP contribution in [0.3, 0.4) is 0 Å². The summed E-state index contributed by atoms with van der Waals surface area (Å²) in [5.74, 6) is -1.80. The first-order valence-corrected chi connectivity index (χ1v) is 10.9. The van der Waals surface area contributed by atoms with Gasteiger partial charge in [-0.25, -0.2) is 4.98 Å². The second-order valence-electron chi connectivity index (χ2n) is 7.99. The first-order chi connectivity index (χ1) is 14.8. The molecule has 4 N–H and O–H groups in total. The second-order valence-corrected chi connectivity index (χ2v) is 8.85. The van der Waals surface area contributed by atoms with Crippen LogP contribution in [0.15, 0.2) is 23.6 Å². The number of nitrogens with zero attached hydrogens (tertiary/aromatic N) is 2. The topological polar surface area (TPSA) is 134 Å². The van der Waals surface area contributed by atoms with Gasteiger partial charge in [-0.05, 0) is 24.0 Å². The SMILES string of the molecule is CC(C)[C@H](N)c1csc(NCc2cccc3c2C(=O)N(C2CCC(=O)NC2=O)C3=O)n1. The van der Waals surface area contributed by atoms with Crippen LogP contribution in [0.5, 0.6) is 0 Å². The summed E-state index contributed by atoms with van der Waals surface area (Å²) in [6.45, 7) is 4.34. The molecule has 2 aliphatic heterocycles. The fourth-order valence-electron chi connectivity index (χ4n) is 3.77. The van der Waals surface area contributed by atoms with Gasteiger partial charge >= 0.3 is 0 Å². The molecule has 1 unspecified atom stereocenters. The van der Waals surface area contributed by atoms with Gasteiger partial charge in [-0.15, -0.1) is 11.3 Å². The van der Waals surface area contributed by atoms with Crippen molar-refractivity contribution in [1.82, 2.24) is 15.2 Å². The Labute approximate surface area is 183 Å². The molecule has 10 heteroatoms. The van der Waals surface area contributed by atoms with E-state index >= 15 is 0 Å². The third kappa shape index (κ3) is 3.84. The lowest BCUT2D eigenvalue weighted by Crippen LogP contribution is -2.54. The van der Waals surface area contributed by atoms with Crippen molar-refractivity contribution in [1.29, 1.82) is 0 Å². The number of carbonyl (C=O) groups is 4. The quantitative estimate of drug-likeness (QED) is 0.582. The van der Waals surface area contributed by atoms with E-state index < -0.39 is 29.7 Å². The van der Waals surface area contributed by atoms with E-state index in [1.165, 1.54) is 11.3 Å². The molecule has 162 valence electrons. The number of nitrogens with two attached hydrogens (primary N) is 1. The Bertz CT molecular complexity index is 1080. The zero-order valence-electron chi connectivity index (χ0n) is 17.2. The molecule has 0 aliphatic carbocycles. The molecule has 1 aromatic carbocycles. The third-order valence-corrected chi connectivity index (χ3v) is 6.38. The molecule has 4 rings (SSSR count). The lowest BCUT2D eigenvalue weighted by Gasteiger charge is -2.27. The number of nitrogens with one attached hydrogen (secondary N) is 2. The molecule has 0 spiro atoms. The lowest BCUT2D eigenvalue weighted by atomic mass is 10.0. The first kappa shape index (κ1) is 21.1. The molecule has 0 saturated carbocycles. The Balaban J connectivity index is 1.54. The van der Waals surface area contributed by atoms with E-state index in [1.807, 2.05) is 19.2 Å². The number of imide groups is 2. The molecule has 2 aliphatic rings. The van der Waals surface area contributed by atoms with Gasteiger partial charge in [-0.2, -0.15) is 0 Å². The van der Waals surface area contributed by atoms with Crippen molar-refractivity contribution in [3.63, 3.8) is 0 Å². The van der Waals surface area contributed by atoms with Gasteiger partial charge in [0.15, 0.2) is 5.13 Å². The van der Waals surface area contributed by atoms with Crippen LogP contribution in [-0.2, 0) is 16.1 Å². The minimum atomic E-state index is -0.982. The van der Waals surface area contributed by atoms with E-state index in [-0.39, 0.29) is 42.5 Å². The van der Waals surface area contributed by atoms with Crippen LogP contribution in [0.2, 0.25) is 0 Å². The summed E-state index contributed by atoms with van der Waals surface area (Å²) in [6.07, 6.45) is 0.213. The fraction of sp³-hybridized carbons (Fsp3) is 0.381. The van der Waals surface area contributed by atoms with Gasteiger partial charge in [0, 0.05) is 18.3 Å². The molecule has 2 atom stereocenters. The molecule has 0 radical (unpaired) electrons. The van der Waals surface area contributed by atoms with Crippen LogP contribution in [0, 0.1) is 5.92 Å². The Morgan fingerprint density at radius 1 is 1.26 bits per heavy atom. The lowest BCUT2D eigenvalue weighted by molar-refractivity contribution is -0.136. The van der Waals surface area contributed by atoms with Gasteiger partial charge < -0.3 is 11.1 Å². The van der Waals surface area contributed by atoms with Crippen LogP contribution < -0.4 is 16.4 Å². The van der Waals surface area contributed by atoms with E-state index in [4.69, 9.17) is 5.73 Å². The third-order valence-electron chi connectivity index (χ3n) is 5.57. The molecular weight excluding hydrogens is 418 g/mol. The maximum Gasteiger partial charge on any atom is 0.262 e. The Morgan fingerprint density at radius 2 is 2.03 bits per heavy atom. The van der Waals surface area contributed by atoms with Crippen molar-refractivity contribution in [3.8, 4) is 0 Å². The largest absolute Gasteiger partial charge is 0.357 e. The highest BCUT2D eigenvalue weighted by atomic mass is 32.1. The van der Waals surface area contributed by atoms with E-state index in [0.29, 0.717) is 10.7 Å². The Morgan fingerprint density at radius 3 is 2.74 bits per heavy atom. The monoisotopic (exact) mass is 441 g/mol. The molecule has 1 aromatic heterocycles. The van der Waals surface area contributed by atoms with Crippen LogP contribution in [0.4, 0.5) is 5.13 Å². The van der Waals surface area contributed by atoms with Crippen molar-refractivity contribution in [3.05, 3.63) is 46.0 Å². The molecule has 4 amide bonds. The number of piperidine rings is 1. The van der Waals surface area contributed by atoms with Crippen LogP contribution in [0.25, 0.3) is 0 Å². The molecule has 0 bridgehead atoms. The van der Waals surface area contributed by atoms with Crippen LogP contribution in [-0.4, -0.2) is 39.6 Å². The van der Waals surface area contributed by atoms with Gasteiger partial charge in [0.05, 0.1) is 22.9 Å². The number of fused-ring (bicyclic) bond motifs is 1. The number of hydrogen-bond acceptors (Lipinski definition) is 8. The molecule has 9 nitrogen and oxygen atoms in total. The zero-order valence-corrected chi connectivity index (χ0v) is 18.0. The molecule has 1 fully saturated rings. The standard InChI is InChI=1S/C21H23N5O4S/c1-10(2)17(22)13-9-31-21(24-13)23-8-11-4-3-5-12-16(11)20(30)26(19(12)29)14-6-7-15(27)25-18(14)28/h3-5,9-10,14,17H,6-8,22H2,1-2H3,(H,23,24)(H,25,27,28)/t14?,17-/m0/s1. The van der Waals surface area contributed by atoms with E-state index in [1.54, 1.807) is 18.2 Å². The second kappa shape index (κ2) is 8.20. The summed E-state index contributed by atoms with van der Waals surface area (Å²) in [7, 11) is 0. The average Bonchev–Trinajstić information content (AvgIpc) is 3.30. The number of benzene rings is 1. The minimum Gasteiger partial charge on any atom is -0.357 e. The Hall–Kier alpha value is -3.11. The van der Waals surface area contributed by atoms with E-state index in [0.717, 1.165) is 10.6 Å². The van der Waals surface area contributed by atoms with Gasteiger partial charge in [0.2, 0.25) is 11.8 Å². The maximum absolute atomic E-state index is 13.1. The van der Waals surface area contributed by atoms with E-state index in [2.05, 4.69) is 15.6 Å². The average molecular weight is 442 g/mol. The molecular formula is C21H23N5O4S. The predicted octanol–water partition coefficient (Wildman–Crippen LogP) is 1.81. The highest BCUT2D eigenvalue weighted by Crippen LogP contribution is 2.31. The number of carbonyl (C=O) groups excluding carboxylic acids is 4. The van der Waals surface area contributed by atoms with Gasteiger partial charge in [-0.3, -0.25) is 29.4 Å². The van der Waals surface area contributed by atoms with Gasteiger partial charge in [0.1, 0.15) is 6.04 Å². The van der Waals surface area contributed by atoms with Crippen molar-refractivity contribution < 1.29 is 19.2 Å².